The summed E-state index contributed by atoms with van der Waals surface area (Å²) in [5, 5.41) is 17.5. The summed E-state index contributed by atoms with van der Waals surface area (Å²) in [6, 6.07) is 12.8. The highest BCUT2D eigenvalue weighted by Crippen LogP contribution is 2.28. The molecule has 32 heavy (non-hydrogen) atoms. The second kappa shape index (κ2) is 10.3. The number of rotatable bonds is 8. The highest BCUT2D eigenvalue weighted by atomic mass is 32.2. The Morgan fingerprint density at radius 2 is 1.88 bits per heavy atom. The van der Waals surface area contributed by atoms with Crippen LogP contribution >= 0.6 is 0 Å². The molecule has 1 saturated carbocycles. The molecule has 0 bridgehead atoms. The number of sulfonamides is 1. The molecule has 0 amide bonds. The van der Waals surface area contributed by atoms with Crippen molar-refractivity contribution < 1.29 is 13.5 Å². The van der Waals surface area contributed by atoms with Crippen molar-refractivity contribution >= 4 is 15.7 Å². The van der Waals surface area contributed by atoms with Gasteiger partial charge in [0, 0.05) is 19.1 Å². The molecule has 174 valence electrons. The quantitative estimate of drug-likeness (QED) is 0.487. The summed E-state index contributed by atoms with van der Waals surface area (Å²) in [6.45, 7) is 4.14. The summed E-state index contributed by atoms with van der Waals surface area (Å²) < 4.78 is 29.0. The van der Waals surface area contributed by atoms with E-state index < -0.39 is 10.0 Å². The number of hydrogen-bond acceptors (Lipinski definition) is 5. The van der Waals surface area contributed by atoms with Crippen molar-refractivity contribution in [2.24, 2.45) is 5.92 Å². The number of anilines is 1. The van der Waals surface area contributed by atoms with Crippen LogP contribution in [0, 0.1) is 5.92 Å². The maximum absolute atomic E-state index is 13.1. The second-order valence-electron chi connectivity index (χ2n) is 9.18. The molecule has 4 N–H and O–H groups in total. The number of aliphatic hydroxyl groups is 1. The van der Waals surface area contributed by atoms with Crippen molar-refractivity contribution in [2.75, 3.05) is 11.3 Å². The average Bonchev–Trinajstić information content (AvgIpc) is 2.83. The lowest BCUT2D eigenvalue weighted by Gasteiger charge is -2.31. The number of para-hydroxylation sites is 1. The van der Waals surface area contributed by atoms with Gasteiger partial charge in [0.25, 0.3) is 10.0 Å². The van der Waals surface area contributed by atoms with Crippen LogP contribution in [0.1, 0.15) is 55.7 Å². The first kappa shape index (κ1) is 23.2. The molecule has 1 heterocycles. The first-order valence-electron chi connectivity index (χ1n) is 11.8. The Labute approximate surface area is 191 Å². The van der Waals surface area contributed by atoms with Crippen molar-refractivity contribution in [2.45, 2.75) is 75.6 Å². The van der Waals surface area contributed by atoms with E-state index in [1.807, 2.05) is 31.2 Å². The molecule has 6 nitrogen and oxygen atoms in total. The van der Waals surface area contributed by atoms with Crippen molar-refractivity contribution in [3.63, 3.8) is 0 Å². The van der Waals surface area contributed by atoms with Gasteiger partial charge in [-0.05, 0) is 73.5 Å². The SMILES string of the molecule is C[C@H](NCc1ccccc1NS(=O)(=O)c1ccc2c(c1)CCNC2)[C@H](O)C1CCCCC1. The molecule has 2 aliphatic rings. The summed E-state index contributed by atoms with van der Waals surface area (Å²) >= 11 is 0. The van der Waals surface area contributed by atoms with Crippen LogP contribution in [-0.2, 0) is 29.5 Å². The fraction of sp³-hybridized carbons (Fsp3) is 0.520. The van der Waals surface area contributed by atoms with Gasteiger partial charge >= 0.3 is 0 Å². The molecular weight excluding hydrogens is 422 g/mol. The second-order valence-corrected chi connectivity index (χ2v) is 10.9. The van der Waals surface area contributed by atoms with Crippen LogP contribution in [0.15, 0.2) is 47.4 Å². The molecular formula is C25H35N3O3S. The van der Waals surface area contributed by atoms with Crippen LogP contribution in [0.5, 0.6) is 0 Å². The molecule has 2 aromatic carbocycles. The van der Waals surface area contributed by atoms with Gasteiger partial charge in [-0.2, -0.15) is 0 Å². The van der Waals surface area contributed by atoms with Crippen LogP contribution in [0.2, 0.25) is 0 Å². The third kappa shape index (κ3) is 5.52. The highest BCUT2D eigenvalue weighted by Gasteiger charge is 2.26. The zero-order valence-corrected chi connectivity index (χ0v) is 19.6. The van der Waals surface area contributed by atoms with E-state index in [0.717, 1.165) is 49.0 Å². The van der Waals surface area contributed by atoms with Gasteiger partial charge in [0.1, 0.15) is 0 Å². The zero-order valence-electron chi connectivity index (χ0n) is 18.8. The van der Waals surface area contributed by atoms with Gasteiger partial charge in [0.15, 0.2) is 0 Å². The van der Waals surface area contributed by atoms with E-state index in [2.05, 4.69) is 15.4 Å². The molecule has 7 heteroatoms. The smallest absolute Gasteiger partial charge is 0.261 e. The zero-order chi connectivity index (χ0) is 22.6. The molecule has 2 aromatic rings. The molecule has 1 aliphatic carbocycles. The Morgan fingerprint density at radius 3 is 2.69 bits per heavy atom. The van der Waals surface area contributed by atoms with Crippen LogP contribution in [0.25, 0.3) is 0 Å². The maximum Gasteiger partial charge on any atom is 0.261 e. The van der Waals surface area contributed by atoms with Crippen molar-refractivity contribution in [1.82, 2.24) is 10.6 Å². The van der Waals surface area contributed by atoms with E-state index in [9.17, 15) is 13.5 Å². The van der Waals surface area contributed by atoms with Gasteiger partial charge in [-0.25, -0.2) is 8.42 Å². The van der Waals surface area contributed by atoms with E-state index in [0.29, 0.717) is 23.0 Å². The van der Waals surface area contributed by atoms with Gasteiger partial charge < -0.3 is 15.7 Å². The first-order valence-corrected chi connectivity index (χ1v) is 13.3. The third-order valence-corrected chi connectivity index (χ3v) is 8.26. The van der Waals surface area contributed by atoms with Crippen molar-refractivity contribution in [3.05, 3.63) is 59.2 Å². The normalized spacial score (nSPS) is 19.2. The topological polar surface area (TPSA) is 90.5 Å². The minimum atomic E-state index is -3.69. The number of benzene rings is 2. The van der Waals surface area contributed by atoms with Crippen molar-refractivity contribution in [3.8, 4) is 0 Å². The summed E-state index contributed by atoms with van der Waals surface area (Å²) in [4.78, 5) is 0.294. The fourth-order valence-electron chi connectivity index (χ4n) is 4.87. The van der Waals surface area contributed by atoms with Crippen LogP contribution in [0.3, 0.4) is 0 Å². The first-order chi connectivity index (χ1) is 15.4. The van der Waals surface area contributed by atoms with E-state index in [1.54, 1.807) is 18.2 Å². The van der Waals surface area contributed by atoms with Crippen LogP contribution in [0.4, 0.5) is 5.69 Å². The monoisotopic (exact) mass is 457 g/mol. The predicted molar refractivity (Wildman–Crippen MR) is 128 cm³/mol. The molecule has 2 atom stereocenters. The standard InChI is InChI=1S/C25H35N3O3S/c1-18(25(29)19-7-3-2-4-8-19)27-17-22-9-5-6-10-24(22)28-32(30,31)23-12-11-21-16-26-14-13-20(21)15-23/h5-6,9-12,15,18-19,25-29H,2-4,7-8,13-14,16-17H2,1H3/t18-,25-/m0/s1. The van der Waals surface area contributed by atoms with Gasteiger partial charge in [0.2, 0.25) is 0 Å². The van der Waals surface area contributed by atoms with Gasteiger partial charge in [-0.1, -0.05) is 43.5 Å². The lowest BCUT2D eigenvalue weighted by molar-refractivity contribution is 0.0551. The molecule has 0 spiro atoms. The van der Waals surface area contributed by atoms with Gasteiger partial charge in [-0.3, -0.25) is 4.72 Å². The fourth-order valence-corrected chi connectivity index (χ4v) is 6.03. The van der Waals surface area contributed by atoms with Gasteiger partial charge in [-0.15, -0.1) is 0 Å². The Balaban J connectivity index is 1.44. The number of aliphatic hydroxyl groups excluding tert-OH is 1. The minimum absolute atomic E-state index is 0.0583. The lowest BCUT2D eigenvalue weighted by Crippen LogP contribution is -2.42. The molecule has 1 aliphatic heterocycles. The Bertz CT molecular complexity index is 1020. The summed E-state index contributed by atoms with van der Waals surface area (Å²) in [5.74, 6) is 0.346. The lowest BCUT2D eigenvalue weighted by atomic mass is 9.83. The number of nitrogens with one attached hydrogen (secondary N) is 3. The molecule has 0 aromatic heterocycles. The van der Waals surface area contributed by atoms with E-state index in [-0.39, 0.29) is 12.1 Å². The Hall–Kier alpha value is -1.93. The third-order valence-electron chi connectivity index (χ3n) is 6.90. The maximum atomic E-state index is 13.1. The van der Waals surface area contributed by atoms with Gasteiger partial charge in [0.05, 0.1) is 16.7 Å². The molecule has 0 saturated heterocycles. The molecule has 4 rings (SSSR count). The summed E-state index contributed by atoms with van der Waals surface area (Å²) in [7, 11) is -3.69. The number of hydrogen-bond donors (Lipinski definition) is 4. The Kier molecular flexibility index (Phi) is 7.51. The summed E-state index contributed by atoms with van der Waals surface area (Å²) in [6.07, 6.45) is 6.27. The van der Waals surface area contributed by atoms with E-state index in [4.69, 9.17) is 0 Å². The summed E-state index contributed by atoms with van der Waals surface area (Å²) in [5.41, 5.74) is 3.68. The highest BCUT2D eigenvalue weighted by molar-refractivity contribution is 7.92. The largest absolute Gasteiger partial charge is 0.391 e. The van der Waals surface area contributed by atoms with E-state index >= 15 is 0 Å². The van der Waals surface area contributed by atoms with Crippen LogP contribution < -0.4 is 15.4 Å². The number of fused-ring (bicyclic) bond motifs is 1. The Morgan fingerprint density at radius 1 is 1.09 bits per heavy atom. The molecule has 0 unspecified atom stereocenters. The van der Waals surface area contributed by atoms with Crippen LogP contribution in [-0.4, -0.2) is 32.2 Å². The molecule has 0 radical (unpaired) electrons. The average molecular weight is 458 g/mol. The van der Waals surface area contributed by atoms with E-state index in [1.165, 1.54) is 19.3 Å². The van der Waals surface area contributed by atoms with Crippen molar-refractivity contribution in [1.29, 1.82) is 0 Å². The minimum Gasteiger partial charge on any atom is -0.391 e. The molecule has 1 fully saturated rings. The predicted octanol–water partition coefficient (Wildman–Crippen LogP) is 3.55.